The van der Waals surface area contributed by atoms with E-state index >= 15 is 0 Å². The Morgan fingerprint density at radius 1 is 1.28 bits per heavy atom. The van der Waals surface area contributed by atoms with Gasteiger partial charge in [0.2, 0.25) is 5.91 Å². The number of hydrogen-bond donors (Lipinski definition) is 1. The topological polar surface area (TPSA) is 74.7 Å². The highest BCUT2D eigenvalue weighted by Crippen LogP contribution is 2.11. The molecule has 0 bridgehead atoms. The Hall–Kier alpha value is -0.910. The van der Waals surface area contributed by atoms with Gasteiger partial charge in [-0.2, -0.15) is 0 Å². The van der Waals surface area contributed by atoms with Crippen molar-refractivity contribution in [2.45, 2.75) is 44.3 Å². The van der Waals surface area contributed by atoms with E-state index in [4.69, 9.17) is 5.11 Å². The summed E-state index contributed by atoms with van der Waals surface area (Å²) in [6.07, 6.45) is 4.10. The Morgan fingerprint density at radius 2 is 1.89 bits per heavy atom. The van der Waals surface area contributed by atoms with Crippen molar-refractivity contribution >= 4 is 22.7 Å². The number of likely N-dealkylation sites (tertiary alicyclic amines) is 1. The van der Waals surface area contributed by atoms with Gasteiger partial charge in [0.15, 0.2) is 0 Å². The van der Waals surface area contributed by atoms with Crippen molar-refractivity contribution < 1.29 is 18.9 Å². The Balaban J connectivity index is 2.51. The number of hydrogen-bond acceptors (Lipinski definition) is 3. The molecule has 18 heavy (non-hydrogen) atoms. The average molecular weight is 275 g/mol. The molecule has 2 unspecified atom stereocenters. The van der Waals surface area contributed by atoms with E-state index < -0.39 is 22.0 Å². The Morgan fingerprint density at radius 3 is 2.39 bits per heavy atom. The monoisotopic (exact) mass is 275 g/mol. The van der Waals surface area contributed by atoms with Gasteiger partial charge in [0.05, 0.1) is 0 Å². The number of rotatable bonds is 6. The number of carbonyl (C=O) groups excluding carboxylic acids is 1. The molecule has 0 spiro atoms. The van der Waals surface area contributed by atoms with Crippen LogP contribution in [0.5, 0.6) is 0 Å². The maximum absolute atomic E-state index is 11.9. The molecule has 0 aromatic heterocycles. The standard InChI is InChI=1S/C12H21NO4S/c1-2-6-10(12(15)16)18(17)9-11(14)13-7-4-3-5-8-13/h10H,2-9H2,1H3,(H,15,16). The lowest BCUT2D eigenvalue weighted by atomic mass is 10.1. The molecule has 1 fully saturated rings. The average Bonchev–Trinajstić information content (AvgIpc) is 2.36. The van der Waals surface area contributed by atoms with Crippen LogP contribution in [-0.2, 0) is 20.4 Å². The smallest absolute Gasteiger partial charge is 0.319 e. The molecule has 0 radical (unpaired) electrons. The van der Waals surface area contributed by atoms with Gasteiger partial charge < -0.3 is 10.0 Å². The molecule has 1 aliphatic rings. The summed E-state index contributed by atoms with van der Waals surface area (Å²) < 4.78 is 11.9. The zero-order chi connectivity index (χ0) is 13.5. The molecule has 0 aliphatic carbocycles. The van der Waals surface area contributed by atoms with Gasteiger partial charge in [-0.15, -0.1) is 0 Å². The van der Waals surface area contributed by atoms with Crippen molar-refractivity contribution in [3.05, 3.63) is 0 Å². The van der Waals surface area contributed by atoms with Crippen molar-refractivity contribution in [1.82, 2.24) is 4.90 Å². The molecule has 104 valence electrons. The highest BCUT2D eigenvalue weighted by atomic mass is 32.2. The first-order valence-corrected chi connectivity index (χ1v) is 7.82. The van der Waals surface area contributed by atoms with Crippen LogP contribution >= 0.6 is 0 Å². The Kier molecular flexibility index (Phi) is 6.32. The number of amides is 1. The SMILES string of the molecule is CCCC(C(=O)O)S(=O)CC(=O)N1CCCCC1. The number of aliphatic carboxylic acids is 1. The molecule has 0 saturated carbocycles. The Labute approximate surface area is 110 Å². The number of carbonyl (C=O) groups is 2. The normalized spacial score (nSPS) is 19.3. The highest BCUT2D eigenvalue weighted by Gasteiger charge is 2.27. The highest BCUT2D eigenvalue weighted by molar-refractivity contribution is 7.87. The summed E-state index contributed by atoms with van der Waals surface area (Å²) in [4.78, 5) is 24.6. The van der Waals surface area contributed by atoms with Crippen molar-refractivity contribution in [3.63, 3.8) is 0 Å². The number of carboxylic acid groups (broad SMARTS) is 1. The molecule has 6 heteroatoms. The third kappa shape index (κ3) is 4.40. The summed E-state index contributed by atoms with van der Waals surface area (Å²) in [5, 5.41) is 8.07. The fourth-order valence-corrected chi connectivity index (χ4v) is 3.44. The van der Waals surface area contributed by atoms with Crippen LogP contribution in [0.1, 0.15) is 39.0 Å². The van der Waals surface area contributed by atoms with Gasteiger partial charge >= 0.3 is 5.97 Å². The third-order valence-corrected chi connectivity index (χ3v) is 4.72. The lowest BCUT2D eigenvalue weighted by Gasteiger charge is -2.26. The van der Waals surface area contributed by atoms with Crippen LogP contribution in [0.2, 0.25) is 0 Å². The van der Waals surface area contributed by atoms with Crippen LogP contribution in [0, 0.1) is 0 Å². The van der Waals surface area contributed by atoms with Crippen molar-refractivity contribution in [2.24, 2.45) is 0 Å². The van der Waals surface area contributed by atoms with Crippen molar-refractivity contribution in [1.29, 1.82) is 0 Å². The summed E-state index contributed by atoms with van der Waals surface area (Å²) >= 11 is 0. The van der Waals surface area contributed by atoms with Crippen LogP contribution in [0.4, 0.5) is 0 Å². The first-order chi connectivity index (χ1) is 8.56. The Bertz CT molecular complexity index is 326. The van der Waals surface area contributed by atoms with Gasteiger partial charge in [-0.25, -0.2) is 0 Å². The van der Waals surface area contributed by atoms with E-state index in [0.717, 1.165) is 19.3 Å². The summed E-state index contributed by atoms with van der Waals surface area (Å²) in [7, 11) is -1.61. The summed E-state index contributed by atoms with van der Waals surface area (Å²) in [6, 6.07) is 0. The summed E-state index contributed by atoms with van der Waals surface area (Å²) in [5.74, 6) is -1.39. The molecule has 1 rings (SSSR count). The van der Waals surface area contributed by atoms with Crippen LogP contribution in [0.15, 0.2) is 0 Å². The van der Waals surface area contributed by atoms with Gasteiger partial charge in [0.25, 0.3) is 0 Å². The van der Waals surface area contributed by atoms with E-state index in [1.165, 1.54) is 0 Å². The number of nitrogens with zero attached hydrogens (tertiary/aromatic N) is 1. The summed E-state index contributed by atoms with van der Waals surface area (Å²) in [6.45, 7) is 3.27. The third-order valence-electron chi connectivity index (χ3n) is 3.12. The number of piperidine rings is 1. The van der Waals surface area contributed by atoms with E-state index in [-0.39, 0.29) is 11.7 Å². The van der Waals surface area contributed by atoms with E-state index in [1.54, 1.807) is 4.90 Å². The van der Waals surface area contributed by atoms with Gasteiger partial charge in [-0.1, -0.05) is 13.3 Å². The van der Waals surface area contributed by atoms with Gasteiger partial charge in [0.1, 0.15) is 11.0 Å². The van der Waals surface area contributed by atoms with Gasteiger partial charge in [-0.05, 0) is 25.7 Å². The molecular formula is C12H21NO4S. The fraction of sp³-hybridized carbons (Fsp3) is 0.833. The predicted octanol–water partition coefficient (Wildman–Crippen LogP) is 1.00. The molecule has 0 aromatic rings. The lowest BCUT2D eigenvalue weighted by molar-refractivity contribution is -0.136. The largest absolute Gasteiger partial charge is 0.480 e. The molecule has 1 heterocycles. The molecule has 5 nitrogen and oxygen atoms in total. The van der Waals surface area contributed by atoms with Gasteiger partial charge in [-0.3, -0.25) is 13.8 Å². The molecule has 1 N–H and O–H groups in total. The molecule has 1 aliphatic heterocycles. The molecule has 1 amide bonds. The maximum Gasteiger partial charge on any atom is 0.319 e. The van der Waals surface area contributed by atoms with E-state index in [0.29, 0.717) is 25.9 Å². The van der Waals surface area contributed by atoms with Crippen LogP contribution in [-0.4, -0.2) is 50.2 Å². The minimum atomic E-state index is -1.61. The first-order valence-electron chi connectivity index (χ1n) is 6.44. The number of carboxylic acids is 1. The molecule has 0 aromatic carbocycles. The minimum Gasteiger partial charge on any atom is -0.480 e. The molecule has 2 atom stereocenters. The second kappa shape index (κ2) is 7.51. The first kappa shape index (κ1) is 15.1. The predicted molar refractivity (Wildman–Crippen MR) is 69.8 cm³/mol. The summed E-state index contributed by atoms with van der Waals surface area (Å²) in [5.41, 5.74) is 0. The van der Waals surface area contributed by atoms with E-state index in [9.17, 15) is 13.8 Å². The lowest BCUT2D eigenvalue weighted by Crippen LogP contribution is -2.40. The minimum absolute atomic E-state index is 0.156. The van der Waals surface area contributed by atoms with Crippen LogP contribution < -0.4 is 0 Å². The molecule has 1 saturated heterocycles. The fourth-order valence-electron chi connectivity index (χ4n) is 2.09. The second-order valence-electron chi connectivity index (χ2n) is 4.58. The quantitative estimate of drug-likeness (QED) is 0.784. The molecular weight excluding hydrogens is 254 g/mol. The second-order valence-corrected chi connectivity index (χ2v) is 6.20. The van der Waals surface area contributed by atoms with Crippen LogP contribution in [0.3, 0.4) is 0 Å². The van der Waals surface area contributed by atoms with E-state index in [2.05, 4.69) is 0 Å². The van der Waals surface area contributed by atoms with Crippen molar-refractivity contribution in [3.8, 4) is 0 Å². The maximum atomic E-state index is 11.9. The zero-order valence-corrected chi connectivity index (χ0v) is 11.6. The van der Waals surface area contributed by atoms with Crippen molar-refractivity contribution in [2.75, 3.05) is 18.8 Å². The van der Waals surface area contributed by atoms with Crippen LogP contribution in [0.25, 0.3) is 0 Å². The van der Waals surface area contributed by atoms with Gasteiger partial charge in [0, 0.05) is 23.9 Å². The van der Waals surface area contributed by atoms with E-state index in [1.807, 2.05) is 6.92 Å². The zero-order valence-electron chi connectivity index (χ0n) is 10.8.